The second kappa shape index (κ2) is 5.60. The standard InChI is InChI=1S/C18H10ClFN6/c19-14-8-12(6-7-15(14)20)25-9-13(11-4-2-1-3-5-11)16-17(25)21-10-26-18(16)22-23-24-26/h1-10H. The van der Waals surface area contributed by atoms with Crippen LogP contribution in [0.15, 0.2) is 61.1 Å². The van der Waals surface area contributed by atoms with Crippen molar-refractivity contribution in [2.45, 2.75) is 0 Å². The SMILES string of the molecule is Fc1ccc(-n2cc(-c3ccccc3)c3c2ncn2nnnc32)cc1Cl. The lowest BCUT2D eigenvalue weighted by molar-refractivity contribution is 0.628. The molecule has 6 nitrogen and oxygen atoms in total. The third kappa shape index (κ3) is 2.18. The molecule has 26 heavy (non-hydrogen) atoms. The Morgan fingerprint density at radius 2 is 1.85 bits per heavy atom. The Hall–Kier alpha value is -3.32. The highest BCUT2D eigenvalue weighted by Crippen LogP contribution is 2.34. The van der Waals surface area contributed by atoms with Crippen LogP contribution in [-0.4, -0.2) is 29.6 Å². The number of tetrazole rings is 1. The van der Waals surface area contributed by atoms with Crippen molar-refractivity contribution in [1.29, 1.82) is 0 Å². The van der Waals surface area contributed by atoms with Gasteiger partial charge >= 0.3 is 0 Å². The van der Waals surface area contributed by atoms with Crippen LogP contribution in [0.1, 0.15) is 0 Å². The average Bonchev–Trinajstić information content (AvgIpc) is 3.28. The summed E-state index contributed by atoms with van der Waals surface area (Å²) in [5.74, 6) is -0.466. The first kappa shape index (κ1) is 15.0. The van der Waals surface area contributed by atoms with Crippen molar-refractivity contribution in [2.75, 3.05) is 0 Å². The van der Waals surface area contributed by atoms with Gasteiger partial charge in [-0.25, -0.2) is 9.37 Å². The van der Waals surface area contributed by atoms with E-state index in [0.717, 1.165) is 16.5 Å². The van der Waals surface area contributed by atoms with Gasteiger partial charge in [0.15, 0.2) is 11.3 Å². The molecule has 2 aromatic carbocycles. The Bertz CT molecular complexity index is 1260. The monoisotopic (exact) mass is 364 g/mol. The predicted molar refractivity (Wildman–Crippen MR) is 95.8 cm³/mol. The molecule has 0 radical (unpaired) electrons. The van der Waals surface area contributed by atoms with Crippen molar-refractivity contribution >= 4 is 28.3 Å². The van der Waals surface area contributed by atoms with E-state index in [-0.39, 0.29) is 5.02 Å². The maximum absolute atomic E-state index is 13.6. The fourth-order valence-electron chi connectivity index (χ4n) is 3.06. The number of benzene rings is 2. The molecular weight excluding hydrogens is 355 g/mol. The number of aromatic nitrogens is 6. The summed E-state index contributed by atoms with van der Waals surface area (Å²) < 4.78 is 17.0. The van der Waals surface area contributed by atoms with E-state index in [0.29, 0.717) is 17.0 Å². The zero-order valence-electron chi connectivity index (χ0n) is 13.2. The van der Waals surface area contributed by atoms with E-state index in [1.807, 2.05) is 41.1 Å². The Kier molecular flexibility index (Phi) is 3.23. The number of nitrogens with zero attached hydrogens (tertiary/aromatic N) is 6. The Labute approximate surface area is 151 Å². The fraction of sp³-hybridized carbons (Fsp3) is 0. The topological polar surface area (TPSA) is 60.9 Å². The predicted octanol–water partition coefficient (Wildman–Crippen LogP) is 3.92. The second-order valence-electron chi connectivity index (χ2n) is 5.77. The second-order valence-corrected chi connectivity index (χ2v) is 6.17. The molecule has 0 aliphatic heterocycles. The number of halogens is 2. The molecule has 126 valence electrons. The smallest absolute Gasteiger partial charge is 0.192 e. The van der Waals surface area contributed by atoms with Crippen molar-refractivity contribution in [3.05, 3.63) is 71.9 Å². The van der Waals surface area contributed by atoms with E-state index < -0.39 is 5.82 Å². The van der Waals surface area contributed by atoms with E-state index >= 15 is 0 Å². The first-order chi connectivity index (χ1) is 12.7. The van der Waals surface area contributed by atoms with Gasteiger partial charge in [-0.3, -0.25) is 0 Å². The highest BCUT2D eigenvalue weighted by atomic mass is 35.5. The van der Waals surface area contributed by atoms with Crippen LogP contribution in [0.3, 0.4) is 0 Å². The van der Waals surface area contributed by atoms with Crippen molar-refractivity contribution in [2.24, 2.45) is 0 Å². The molecule has 3 aromatic heterocycles. The van der Waals surface area contributed by atoms with Crippen LogP contribution in [0.25, 0.3) is 33.5 Å². The molecule has 0 saturated heterocycles. The molecule has 0 aliphatic carbocycles. The van der Waals surface area contributed by atoms with E-state index in [4.69, 9.17) is 11.6 Å². The molecule has 5 rings (SSSR count). The summed E-state index contributed by atoms with van der Waals surface area (Å²) in [5.41, 5.74) is 3.89. The molecule has 0 atom stereocenters. The minimum absolute atomic E-state index is 0.0517. The van der Waals surface area contributed by atoms with Crippen molar-refractivity contribution in [1.82, 2.24) is 29.6 Å². The fourth-order valence-corrected chi connectivity index (χ4v) is 3.23. The van der Waals surface area contributed by atoms with Gasteiger partial charge in [-0.1, -0.05) is 41.9 Å². The van der Waals surface area contributed by atoms with Gasteiger partial charge in [0.05, 0.1) is 10.4 Å². The van der Waals surface area contributed by atoms with Crippen molar-refractivity contribution in [3.63, 3.8) is 0 Å². The quantitative estimate of drug-likeness (QED) is 0.476. The molecule has 0 bridgehead atoms. The molecule has 0 unspecified atom stereocenters. The lowest BCUT2D eigenvalue weighted by Gasteiger charge is -2.05. The Balaban J connectivity index is 1.89. The molecule has 0 N–H and O–H groups in total. The highest BCUT2D eigenvalue weighted by molar-refractivity contribution is 6.30. The van der Waals surface area contributed by atoms with Crippen LogP contribution in [0, 0.1) is 5.82 Å². The average molecular weight is 365 g/mol. The van der Waals surface area contributed by atoms with Gasteiger partial charge < -0.3 is 4.57 Å². The number of rotatable bonds is 2. The number of fused-ring (bicyclic) bond motifs is 3. The van der Waals surface area contributed by atoms with Gasteiger partial charge in [0.1, 0.15) is 12.1 Å². The van der Waals surface area contributed by atoms with E-state index in [9.17, 15) is 4.39 Å². The summed E-state index contributed by atoms with van der Waals surface area (Å²) in [5, 5.41) is 12.7. The number of hydrogen-bond acceptors (Lipinski definition) is 4. The molecule has 0 fully saturated rings. The lowest BCUT2D eigenvalue weighted by atomic mass is 10.1. The van der Waals surface area contributed by atoms with Gasteiger partial charge in [0, 0.05) is 17.4 Å². The van der Waals surface area contributed by atoms with Gasteiger partial charge in [-0.05, 0) is 34.2 Å². The summed E-state index contributed by atoms with van der Waals surface area (Å²) >= 11 is 5.97. The van der Waals surface area contributed by atoms with Crippen LogP contribution in [0.5, 0.6) is 0 Å². The van der Waals surface area contributed by atoms with Gasteiger partial charge in [-0.2, -0.15) is 4.52 Å². The van der Waals surface area contributed by atoms with Crippen LogP contribution < -0.4 is 0 Å². The molecule has 0 amide bonds. The molecule has 0 aliphatic rings. The van der Waals surface area contributed by atoms with Gasteiger partial charge in [0.2, 0.25) is 0 Å². The summed E-state index contributed by atoms with van der Waals surface area (Å²) in [6.45, 7) is 0. The first-order valence-electron chi connectivity index (χ1n) is 7.81. The van der Waals surface area contributed by atoms with Crippen LogP contribution >= 0.6 is 11.6 Å². The highest BCUT2D eigenvalue weighted by Gasteiger charge is 2.18. The minimum Gasteiger partial charge on any atom is -0.300 e. The van der Waals surface area contributed by atoms with Gasteiger partial charge in [-0.15, -0.1) is 5.10 Å². The summed E-state index contributed by atoms with van der Waals surface area (Å²) in [6, 6.07) is 14.4. The van der Waals surface area contributed by atoms with E-state index in [1.54, 1.807) is 18.5 Å². The summed E-state index contributed by atoms with van der Waals surface area (Å²) in [7, 11) is 0. The third-order valence-corrected chi connectivity index (χ3v) is 4.54. The molecule has 5 aromatic rings. The minimum atomic E-state index is -0.466. The van der Waals surface area contributed by atoms with Gasteiger partial charge in [0.25, 0.3) is 0 Å². The van der Waals surface area contributed by atoms with E-state index in [2.05, 4.69) is 20.5 Å². The third-order valence-electron chi connectivity index (χ3n) is 4.25. The molecule has 0 saturated carbocycles. The maximum Gasteiger partial charge on any atom is 0.192 e. The van der Waals surface area contributed by atoms with Crippen LogP contribution in [0.2, 0.25) is 5.02 Å². The summed E-state index contributed by atoms with van der Waals surface area (Å²) in [6.07, 6.45) is 3.49. The van der Waals surface area contributed by atoms with Crippen molar-refractivity contribution < 1.29 is 4.39 Å². The molecular formula is C18H10ClFN6. The summed E-state index contributed by atoms with van der Waals surface area (Å²) in [4.78, 5) is 4.50. The van der Waals surface area contributed by atoms with Crippen molar-refractivity contribution in [3.8, 4) is 16.8 Å². The van der Waals surface area contributed by atoms with Crippen LogP contribution in [-0.2, 0) is 0 Å². The van der Waals surface area contributed by atoms with E-state index in [1.165, 1.54) is 10.6 Å². The Morgan fingerprint density at radius 3 is 2.65 bits per heavy atom. The largest absolute Gasteiger partial charge is 0.300 e. The lowest BCUT2D eigenvalue weighted by Crippen LogP contribution is -1.97. The Morgan fingerprint density at radius 1 is 1.00 bits per heavy atom. The zero-order chi connectivity index (χ0) is 17.7. The maximum atomic E-state index is 13.6. The van der Waals surface area contributed by atoms with Crippen LogP contribution in [0.4, 0.5) is 4.39 Å². The first-order valence-corrected chi connectivity index (χ1v) is 8.19. The zero-order valence-corrected chi connectivity index (χ0v) is 14.0. The molecule has 0 spiro atoms. The molecule has 8 heteroatoms. The number of hydrogen-bond donors (Lipinski definition) is 0. The normalized spacial score (nSPS) is 11.5. The molecule has 3 heterocycles.